The highest BCUT2D eigenvalue weighted by atomic mass is 16.2. The summed E-state index contributed by atoms with van der Waals surface area (Å²) in [5.41, 5.74) is 2.77. The molecule has 0 aliphatic carbocycles. The number of carbonyl (C=O) groups excluding carboxylic acids is 2. The van der Waals surface area contributed by atoms with E-state index in [-0.39, 0.29) is 17.9 Å². The Morgan fingerprint density at radius 3 is 2.54 bits per heavy atom. The topological polar surface area (TPSA) is 75.2 Å². The van der Waals surface area contributed by atoms with Crippen LogP contribution in [0.1, 0.15) is 40.9 Å². The zero-order chi connectivity index (χ0) is 18.4. The number of amides is 2. The Morgan fingerprint density at radius 2 is 1.88 bits per heavy atom. The van der Waals surface area contributed by atoms with Gasteiger partial charge in [-0.25, -0.2) is 4.98 Å². The second kappa shape index (κ2) is 8.56. The fraction of sp³-hybridized carbons (Fsp3) is 0.400. The van der Waals surface area contributed by atoms with Crippen molar-refractivity contribution in [3.05, 3.63) is 59.7 Å². The van der Waals surface area contributed by atoms with E-state index < -0.39 is 0 Å². The van der Waals surface area contributed by atoms with Gasteiger partial charge in [-0.05, 0) is 31.7 Å². The Labute approximate surface area is 153 Å². The summed E-state index contributed by atoms with van der Waals surface area (Å²) in [6.07, 6.45) is 7.33. The maximum atomic E-state index is 12.3. The predicted octanol–water partition coefficient (Wildman–Crippen LogP) is 2.14. The van der Waals surface area contributed by atoms with Gasteiger partial charge in [0.2, 0.25) is 5.91 Å². The lowest BCUT2D eigenvalue weighted by Crippen LogP contribution is -2.46. The molecule has 0 bridgehead atoms. The van der Waals surface area contributed by atoms with Crippen LogP contribution in [0.15, 0.2) is 42.9 Å². The van der Waals surface area contributed by atoms with E-state index in [1.165, 1.54) is 23.5 Å². The lowest BCUT2D eigenvalue weighted by molar-refractivity contribution is -0.122. The Kier molecular flexibility index (Phi) is 5.94. The molecule has 0 saturated carbocycles. The third-order valence-corrected chi connectivity index (χ3v) is 4.69. The van der Waals surface area contributed by atoms with Crippen molar-refractivity contribution in [3.63, 3.8) is 0 Å². The van der Waals surface area contributed by atoms with E-state index >= 15 is 0 Å². The summed E-state index contributed by atoms with van der Waals surface area (Å²) >= 11 is 0. The van der Waals surface area contributed by atoms with Crippen LogP contribution in [0.5, 0.6) is 0 Å². The van der Waals surface area contributed by atoms with Crippen LogP contribution < -0.4 is 5.32 Å². The van der Waals surface area contributed by atoms with Crippen molar-refractivity contribution in [2.75, 3.05) is 13.1 Å². The van der Waals surface area contributed by atoms with E-state index in [1.54, 1.807) is 11.1 Å². The van der Waals surface area contributed by atoms with E-state index in [1.807, 2.05) is 0 Å². The first-order valence-electron chi connectivity index (χ1n) is 9.02. The molecular weight excluding hydrogens is 328 g/mol. The first-order chi connectivity index (χ1) is 12.6. The molecule has 0 atom stereocenters. The van der Waals surface area contributed by atoms with Gasteiger partial charge in [-0.2, -0.15) is 0 Å². The normalized spacial score (nSPS) is 14.9. The average molecular weight is 352 g/mol. The quantitative estimate of drug-likeness (QED) is 0.895. The lowest BCUT2D eigenvalue weighted by Gasteiger charge is -2.32. The molecule has 6 heteroatoms. The second-order valence-electron chi connectivity index (χ2n) is 6.71. The SMILES string of the molecule is Cc1ccc(CCC(=O)NC2CCN(C(=O)c3cnccn3)CC2)cc1. The van der Waals surface area contributed by atoms with Crippen LogP contribution in [0.2, 0.25) is 0 Å². The molecule has 136 valence electrons. The van der Waals surface area contributed by atoms with Gasteiger partial charge in [0.1, 0.15) is 5.69 Å². The van der Waals surface area contributed by atoms with Gasteiger partial charge in [-0.3, -0.25) is 14.6 Å². The summed E-state index contributed by atoms with van der Waals surface area (Å²) in [5.74, 6) is -0.0217. The highest BCUT2D eigenvalue weighted by Crippen LogP contribution is 2.13. The van der Waals surface area contributed by atoms with E-state index in [0.29, 0.717) is 25.2 Å². The van der Waals surface area contributed by atoms with Gasteiger partial charge in [0.05, 0.1) is 6.20 Å². The molecule has 0 unspecified atom stereocenters. The summed E-state index contributed by atoms with van der Waals surface area (Å²) in [5, 5.41) is 3.09. The number of likely N-dealkylation sites (tertiary alicyclic amines) is 1. The van der Waals surface area contributed by atoms with Crippen LogP contribution in [0.4, 0.5) is 0 Å². The summed E-state index contributed by atoms with van der Waals surface area (Å²) in [6.45, 7) is 3.30. The number of nitrogens with one attached hydrogen (secondary N) is 1. The van der Waals surface area contributed by atoms with Gasteiger partial charge < -0.3 is 10.2 Å². The summed E-state index contributed by atoms with van der Waals surface area (Å²) < 4.78 is 0. The number of piperidine rings is 1. The molecule has 2 heterocycles. The van der Waals surface area contributed by atoms with E-state index in [0.717, 1.165) is 19.3 Å². The molecule has 6 nitrogen and oxygen atoms in total. The molecule has 1 aromatic carbocycles. The molecule has 1 fully saturated rings. The molecule has 1 saturated heterocycles. The van der Waals surface area contributed by atoms with Gasteiger partial charge in [-0.1, -0.05) is 29.8 Å². The molecular formula is C20H24N4O2. The van der Waals surface area contributed by atoms with Crippen molar-refractivity contribution in [1.29, 1.82) is 0 Å². The average Bonchev–Trinajstić information content (AvgIpc) is 2.68. The Balaban J connectivity index is 1.41. The monoisotopic (exact) mass is 352 g/mol. The van der Waals surface area contributed by atoms with Crippen LogP contribution in [0.3, 0.4) is 0 Å². The summed E-state index contributed by atoms with van der Waals surface area (Å²) in [4.78, 5) is 34.3. The molecule has 3 rings (SSSR count). The number of benzene rings is 1. The number of carbonyl (C=O) groups is 2. The summed E-state index contributed by atoms with van der Waals surface area (Å²) in [7, 11) is 0. The largest absolute Gasteiger partial charge is 0.353 e. The molecule has 1 aliphatic rings. The van der Waals surface area contributed by atoms with Crippen molar-refractivity contribution in [2.24, 2.45) is 0 Å². The Bertz CT molecular complexity index is 738. The highest BCUT2D eigenvalue weighted by Gasteiger charge is 2.25. The van der Waals surface area contributed by atoms with Crippen molar-refractivity contribution in [1.82, 2.24) is 20.2 Å². The maximum absolute atomic E-state index is 12.3. The molecule has 1 N–H and O–H groups in total. The highest BCUT2D eigenvalue weighted by molar-refractivity contribution is 5.92. The van der Waals surface area contributed by atoms with Crippen LogP contribution >= 0.6 is 0 Å². The van der Waals surface area contributed by atoms with E-state index in [4.69, 9.17) is 0 Å². The number of aromatic nitrogens is 2. The zero-order valence-electron chi connectivity index (χ0n) is 15.0. The Hall–Kier alpha value is -2.76. The number of hydrogen-bond donors (Lipinski definition) is 1. The van der Waals surface area contributed by atoms with Gasteiger partial charge in [0.25, 0.3) is 5.91 Å². The van der Waals surface area contributed by atoms with Gasteiger partial charge >= 0.3 is 0 Å². The Morgan fingerprint density at radius 1 is 1.15 bits per heavy atom. The third-order valence-electron chi connectivity index (χ3n) is 4.69. The summed E-state index contributed by atoms with van der Waals surface area (Å²) in [6, 6.07) is 8.40. The fourth-order valence-corrected chi connectivity index (χ4v) is 3.11. The number of rotatable bonds is 5. The predicted molar refractivity (Wildman–Crippen MR) is 98.6 cm³/mol. The molecule has 2 aromatic rings. The van der Waals surface area contributed by atoms with Gasteiger partial charge in [0, 0.05) is 37.9 Å². The number of aryl methyl sites for hydroxylation is 2. The molecule has 2 amide bonds. The van der Waals surface area contributed by atoms with Gasteiger partial charge in [0.15, 0.2) is 0 Å². The smallest absolute Gasteiger partial charge is 0.274 e. The lowest BCUT2D eigenvalue weighted by atomic mass is 10.0. The standard InChI is InChI=1S/C20H24N4O2/c1-15-2-4-16(5-3-15)6-7-19(25)23-17-8-12-24(13-9-17)20(26)18-14-21-10-11-22-18/h2-5,10-11,14,17H,6-9,12-13H2,1H3,(H,23,25). The molecule has 0 spiro atoms. The van der Waals surface area contributed by atoms with Crippen molar-refractivity contribution >= 4 is 11.8 Å². The minimum Gasteiger partial charge on any atom is -0.353 e. The minimum atomic E-state index is -0.0951. The first kappa shape index (κ1) is 18.0. The molecule has 1 aliphatic heterocycles. The van der Waals surface area contributed by atoms with Crippen molar-refractivity contribution < 1.29 is 9.59 Å². The maximum Gasteiger partial charge on any atom is 0.274 e. The first-order valence-corrected chi connectivity index (χ1v) is 9.02. The van der Waals surface area contributed by atoms with Crippen LogP contribution in [-0.2, 0) is 11.2 Å². The molecule has 26 heavy (non-hydrogen) atoms. The fourth-order valence-electron chi connectivity index (χ4n) is 3.11. The molecule has 0 radical (unpaired) electrons. The second-order valence-corrected chi connectivity index (χ2v) is 6.71. The van der Waals surface area contributed by atoms with Crippen LogP contribution in [0, 0.1) is 6.92 Å². The van der Waals surface area contributed by atoms with E-state index in [2.05, 4.69) is 46.5 Å². The zero-order valence-corrected chi connectivity index (χ0v) is 15.0. The number of nitrogens with zero attached hydrogens (tertiary/aromatic N) is 3. The van der Waals surface area contributed by atoms with E-state index in [9.17, 15) is 9.59 Å². The van der Waals surface area contributed by atoms with Crippen LogP contribution in [0.25, 0.3) is 0 Å². The van der Waals surface area contributed by atoms with Crippen molar-refractivity contribution in [2.45, 2.75) is 38.6 Å². The van der Waals surface area contributed by atoms with Crippen molar-refractivity contribution in [3.8, 4) is 0 Å². The van der Waals surface area contributed by atoms with Gasteiger partial charge in [-0.15, -0.1) is 0 Å². The molecule has 1 aromatic heterocycles. The minimum absolute atomic E-state index is 0.0734. The van der Waals surface area contributed by atoms with Crippen LogP contribution in [-0.4, -0.2) is 45.8 Å². The number of hydrogen-bond acceptors (Lipinski definition) is 4. The third kappa shape index (κ3) is 4.88.